The molecule has 1 aromatic rings. The number of aryl methyl sites for hydroxylation is 1. The summed E-state index contributed by atoms with van der Waals surface area (Å²) in [5.74, 6) is 1.10. The zero-order chi connectivity index (χ0) is 16.9. The topological polar surface area (TPSA) is 97.2 Å². The molecule has 0 aliphatic carbocycles. The molecule has 130 valence electrons. The van der Waals surface area contributed by atoms with Gasteiger partial charge in [-0.15, -0.1) is 10.2 Å². The van der Waals surface area contributed by atoms with Gasteiger partial charge in [-0.2, -0.15) is 0 Å². The van der Waals surface area contributed by atoms with Crippen LogP contribution in [0.3, 0.4) is 0 Å². The van der Waals surface area contributed by atoms with Crippen molar-refractivity contribution in [3.63, 3.8) is 0 Å². The van der Waals surface area contributed by atoms with Crippen molar-refractivity contribution in [2.45, 2.75) is 37.4 Å². The lowest BCUT2D eigenvalue weighted by Crippen LogP contribution is -2.38. The molecule has 1 fully saturated rings. The quantitative estimate of drug-likeness (QED) is 0.744. The molecule has 24 heavy (non-hydrogen) atoms. The first-order chi connectivity index (χ1) is 11.6. The minimum Gasteiger partial charge on any atom is -0.354 e. The number of rotatable bonds is 6. The van der Waals surface area contributed by atoms with Crippen LogP contribution in [0.2, 0.25) is 0 Å². The molecule has 2 aliphatic heterocycles. The van der Waals surface area contributed by atoms with Gasteiger partial charge in [0.1, 0.15) is 5.82 Å². The van der Waals surface area contributed by atoms with E-state index >= 15 is 0 Å². The maximum atomic E-state index is 11.9. The fourth-order valence-corrected chi connectivity index (χ4v) is 4.22. The Morgan fingerprint density at radius 1 is 1.25 bits per heavy atom. The smallest absolute Gasteiger partial charge is 0.288 e. The summed E-state index contributed by atoms with van der Waals surface area (Å²) in [5.41, 5.74) is 0. The maximum absolute atomic E-state index is 11.9. The Balaban J connectivity index is 1.42. The van der Waals surface area contributed by atoms with Crippen molar-refractivity contribution in [3.8, 4) is 0 Å². The average Bonchev–Trinajstić information content (AvgIpc) is 3.00. The number of hydrogen-bond acceptors (Lipinski definition) is 7. The van der Waals surface area contributed by atoms with Crippen LogP contribution in [-0.2, 0) is 22.6 Å². The summed E-state index contributed by atoms with van der Waals surface area (Å²) in [6.07, 6.45) is 4.38. The fraction of sp³-hybridized carbons (Fsp3) is 0.643. The molecule has 1 aromatic heterocycles. The van der Waals surface area contributed by atoms with Gasteiger partial charge in [-0.05, 0) is 12.8 Å². The first-order valence-electron chi connectivity index (χ1n) is 7.94. The summed E-state index contributed by atoms with van der Waals surface area (Å²) in [6, 6.07) is 0. The molecule has 0 bridgehead atoms. The highest BCUT2D eigenvalue weighted by Gasteiger charge is 2.29. The van der Waals surface area contributed by atoms with E-state index in [4.69, 9.17) is 0 Å². The van der Waals surface area contributed by atoms with Crippen LogP contribution < -0.4 is 5.32 Å². The highest BCUT2D eigenvalue weighted by molar-refractivity contribution is 8.14. The average molecular weight is 369 g/mol. The van der Waals surface area contributed by atoms with E-state index in [0.717, 1.165) is 48.5 Å². The predicted molar refractivity (Wildman–Crippen MR) is 90.9 cm³/mol. The number of hydrogen-bond donors (Lipinski definition) is 1. The van der Waals surface area contributed by atoms with E-state index in [9.17, 15) is 14.4 Å². The molecule has 0 radical (unpaired) electrons. The van der Waals surface area contributed by atoms with Crippen molar-refractivity contribution < 1.29 is 14.4 Å². The summed E-state index contributed by atoms with van der Waals surface area (Å²) in [7, 11) is 0. The molecule has 3 rings (SSSR count). The van der Waals surface area contributed by atoms with Gasteiger partial charge in [-0.3, -0.25) is 19.3 Å². The predicted octanol–water partition coefficient (Wildman–Crippen LogP) is 0.908. The van der Waals surface area contributed by atoms with Gasteiger partial charge in [0.15, 0.2) is 5.16 Å². The number of nitrogens with one attached hydrogen (secondary N) is 1. The van der Waals surface area contributed by atoms with E-state index in [2.05, 4.69) is 20.1 Å². The molecule has 3 amide bonds. The third kappa shape index (κ3) is 4.10. The number of aromatic nitrogens is 3. The number of thioether (sulfide) groups is 2. The number of carbonyl (C=O) groups excluding carboxylic acids is 3. The lowest BCUT2D eigenvalue weighted by Gasteiger charge is -2.13. The van der Waals surface area contributed by atoms with Gasteiger partial charge in [0.2, 0.25) is 11.8 Å². The third-order valence-corrected chi connectivity index (χ3v) is 5.73. The monoisotopic (exact) mass is 369 g/mol. The van der Waals surface area contributed by atoms with Crippen LogP contribution >= 0.6 is 23.5 Å². The molecular weight excluding hydrogens is 350 g/mol. The van der Waals surface area contributed by atoms with Crippen LogP contribution in [0.4, 0.5) is 4.79 Å². The third-order valence-electron chi connectivity index (χ3n) is 3.91. The number of amides is 3. The second-order valence-corrected chi connectivity index (χ2v) is 7.47. The molecule has 0 saturated carbocycles. The Morgan fingerprint density at radius 3 is 2.92 bits per heavy atom. The van der Waals surface area contributed by atoms with Gasteiger partial charge in [0.05, 0.1) is 11.5 Å². The number of fused-ring (bicyclic) bond motifs is 1. The number of imide groups is 1. The fourth-order valence-electron chi connectivity index (χ4n) is 2.65. The second-order valence-electron chi connectivity index (χ2n) is 5.60. The molecule has 3 heterocycles. The summed E-state index contributed by atoms with van der Waals surface area (Å²) in [6.45, 7) is 1.40. The van der Waals surface area contributed by atoms with Gasteiger partial charge >= 0.3 is 0 Å². The van der Waals surface area contributed by atoms with Crippen molar-refractivity contribution >= 4 is 40.6 Å². The van der Waals surface area contributed by atoms with Crippen molar-refractivity contribution in [2.24, 2.45) is 0 Å². The summed E-state index contributed by atoms with van der Waals surface area (Å²) in [5, 5.41) is 11.6. The Morgan fingerprint density at radius 2 is 2.12 bits per heavy atom. The first kappa shape index (κ1) is 17.3. The van der Waals surface area contributed by atoms with Crippen LogP contribution in [0.5, 0.6) is 0 Å². The Kier molecular flexibility index (Phi) is 5.77. The van der Waals surface area contributed by atoms with E-state index in [1.54, 1.807) is 0 Å². The second kappa shape index (κ2) is 8.02. The SMILES string of the molecule is O=C(CSc1nnc2n1CCCCC2)NCCN1C(=O)CSC1=O. The van der Waals surface area contributed by atoms with Gasteiger partial charge in [-0.1, -0.05) is 29.9 Å². The minimum absolute atomic E-state index is 0.141. The van der Waals surface area contributed by atoms with E-state index in [-0.39, 0.29) is 41.6 Å². The van der Waals surface area contributed by atoms with Gasteiger partial charge in [0, 0.05) is 26.1 Å². The minimum atomic E-state index is -0.241. The van der Waals surface area contributed by atoms with Crippen molar-refractivity contribution in [1.82, 2.24) is 25.0 Å². The van der Waals surface area contributed by atoms with E-state index in [0.29, 0.717) is 0 Å². The Labute approximate surface area is 148 Å². The zero-order valence-electron chi connectivity index (χ0n) is 13.2. The molecule has 1 saturated heterocycles. The molecule has 8 nitrogen and oxygen atoms in total. The molecule has 0 aromatic carbocycles. The molecule has 0 spiro atoms. The van der Waals surface area contributed by atoms with Crippen LogP contribution in [0.15, 0.2) is 5.16 Å². The van der Waals surface area contributed by atoms with Crippen LogP contribution in [0.25, 0.3) is 0 Å². The first-order valence-corrected chi connectivity index (χ1v) is 9.91. The highest BCUT2D eigenvalue weighted by atomic mass is 32.2. The molecule has 1 N–H and O–H groups in total. The largest absolute Gasteiger partial charge is 0.354 e. The van der Waals surface area contributed by atoms with Crippen molar-refractivity contribution in [2.75, 3.05) is 24.6 Å². The summed E-state index contributed by atoms with van der Waals surface area (Å²) < 4.78 is 2.10. The standard InChI is InChI=1S/C14H19N5O3S2/c20-11(15-5-7-19-12(21)9-24-14(19)22)8-23-13-17-16-10-4-2-1-3-6-18(10)13/h1-9H2,(H,15,20). The zero-order valence-corrected chi connectivity index (χ0v) is 14.8. The molecule has 2 aliphatic rings. The molecule has 0 atom stereocenters. The van der Waals surface area contributed by atoms with Gasteiger partial charge < -0.3 is 9.88 Å². The molecular formula is C14H19N5O3S2. The Bertz CT molecular complexity index is 632. The lowest BCUT2D eigenvalue weighted by molar-refractivity contribution is -0.125. The van der Waals surface area contributed by atoms with E-state index < -0.39 is 0 Å². The normalized spacial score (nSPS) is 17.8. The number of nitrogens with zero attached hydrogens (tertiary/aromatic N) is 4. The number of carbonyl (C=O) groups is 3. The molecule has 0 unspecified atom stereocenters. The van der Waals surface area contributed by atoms with Crippen molar-refractivity contribution in [1.29, 1.82) is 0 Å². The maximum Gasteiger partial charge on any atom is 0.288 e. The van der Waals surface area contributed by atoms with E-state index in [1.807, 2.05) is 0 Å². The Hall–Kier alpha value is -1.55. The van der Waals surface area contributed by atoms with Gasteiger partial charge in [0.25, 0.3) is 5.24 Å². The van der Waals surface area contributed by atoms with Crippen molar-refractivity contribution in [3.05, 3.63) is 5.82 Å². The molecule has 10 heteroatoms. The lowest BCUT2D eigenvalue weighted by atomic mass is 10.2. The summed E-state index contributed by atoms with van der Waals surface area (Å²) in [4.78, 5) is 36.0. The highest BCUT2D eigenvalue weighted by Crippen LogP contribution is 2.21. The van der Waals surface area contributed by atoms with Crippen LogP contribution in [0.1, 0.15) is 25.1 Å². The van der Waals surface area contributed by atoms with Gasteiger partial charge in [-0.25, -0.2) is 0 Å². The van der Waals surface area contributed by atoms with E-state index in [1.165, 1.54) is 23.1 Å². The summed E-state index contributed by atoms with van der Waals surface area (Å²) >= 11 is 2.37. The van der Waals surface area contributed by atoms with Crippen LogP contribution in [0, 0.1) is 0 Å². The van der Waals surface area contributed by atoms with Crippen LogP contribution in [-0.4, -0.2) is 61.3 Å².